The summed E-state index contributed by atoms with van der Waals surface area (Å²) in [6.07, 6.45) is 1.79. The van der Waals surface area contributed by atoms with Gasteiger partial charge in [-0.05, 0) is 71.2 Å². The Kier molecular flexibility index (Phi) is 10.7. The van der Waals surface area contributed by atoms with Crippen molar-refractivity contribution in [3.05, 3.63) is 147 Å². The molecule has 3 aromatic carbocycles. The van der Waals surface area contributed by atoms with Crippen molar-refractivity contribution in [2.75, 3.05) is 20.8 Å². The Hall–Kier alpha value is -4.81. The van der Waals surface area contributed by atoms with Gasteiger partial charge in [-0.15, -0.1) is 0 Å². The molecule has 10 nitrogen and oxygen atoms in total. The molecule has 1 aliphatic heterocycles. The van der Waals surface area contributed by atoms with Gasteiger partial charge in [-0.3, -0.25) is 19.3 Å². The van der Waals surface area contributed by atoms with E-state index in [0.717, 1.165) is 28.2 Å². The Labute approximate surface area is 305 Å². The largest absolute Gasteiger partial charge is 0.497 e. The minimum Gasteiger partial charge on any atom is -0.497 e. The van der Waals surface area contributed by atoms with Gasteiger partial charge in [0.25, 0.3) is 5.56 Å². The molecule has 0 radical (unpaired) electrons. The molecule has 1 fully saturated rings. The number of ether oxygens (including phenoxy) is 4. The number of nitrogens with zero attached hydrogens (tertiary/aromatic N) is 2. The Morgan fingerprint density at radius 2 is 1.40 bits per heavy atom. The van der Waals surface area contributed by atoms with Crippen LogP contribution < -0.4 is 20.7 Å². The standard InChI is InChI=1S/C41H47N3O7Si/c1-40(2,3)52(6,7)51-36-25-33(50-38(36)44-26-34(37(45)43-39(44)46)35-15-11-12-24-42-35)27-49-41(28-13-9-8-10-14-28,29-16-20-31(47-4)21-17-29)30-18-22-32(48-5)23-19-30/h8-24,26,33,36,38H,25,27H2,1-7H3,(H,43,45,46)/t33-,36-,38-/m1/s1. The zero-order valence-corrected chi connectivity index (χ0v) is 31.8. The second kappa shape index (κ2) is 15.0. The van der Waals surface area contributed by atoms with Gasteiger partial charge in [0, 0.05) is 18.8 Å². The fourth-order valence-electron chi connectivity index (χ4n) is 6.40. The number of H-pyrrole nitrogens is 1. The molecule has 2 aromatic heterocycles. The molecule has 11 heteroatoms. The molecule has 1 saturated heterocycles. The Morgan fingerprint density at radius 3 is 1.94 bits per heavy atom. The number of aromatic amines is 1. The van der Waals surface area contributed by atoms with E-state index in [9.17, 15) is 9.59 Å². The minimum atomic E-state index is -2.36. The summed E-state index contributed by atoms with van der Waals surface area (Å²) in [6, 6.07) is 31.1. The third-order valence-electron chi connectivity index (χ3n) is 10.2. The minimum absolute atomic E-state index is 0.105. The molecular weight excluding hydrogens is 675 g/mol. The second-order valence-corrected chi connectivity index (χ2v) is 19.3. The number of hydrogen-bond donors (Lipinski definition) is 1. The molecule has 0 saturated carbocycles. The van der Waals surface area contributed by atoms with Crippen molar-refractivity contribution in [1.29, 1.82) is 0 Å². The predicted molar refractivity (Wildman–Crippen MR) is 203 cm³/mol. The van der Waals surface area contributed by atoms with Crippen LogP contribution in [0.2, 0.25) is 18.1 Å². The van der Waals surface area contributed by atoms with Crippen molar-refractivity contribution in [3.8, 4) is 22.8 Å². The monoisotopic (exact) mass is 721 g/mol. The molecule has 1 aliphatic rings. The number of benzene rings is 3. The number of pyridine rings is 1. The lowest BCUT2D eigenvalue weighted by Gasteiger charge is -2.39. The first-order chi connectivity index (χ1) is 24.9. The van der Waals surface area contributed by atoms with Crippen LogP contribution in [-0.4, -0.2) is 55.9 Å². The Bertz CT molecular complexity index is 2010. The number of hydrogen-bond acceptors (Lipinski definition) is 8. The molecule has 3 heterocycles. The summed E-state index contributed by atoms with van der Waals surface area (Å²) in [5.74, 6) is 1.45. The van der Waals surface area contributed by atoms with Gasteiger partial charge in [0.2, 0.25) is 0 Å². The zero-order valence-electron chi connectivity index (χ0n) is 30.8. The van der Waals surface area contributed by atoms with Gasteiger partial charge in [-0.1, -0.05) is 81.4 Å². The molecule has 272 valence electrons. The fraction of sp³-hybridized carbons (Fsp3) is 0.341. The van der Waals surface area contributed by atoms with Gasteiger partial charge >= 0.3 is 5.69 Å². The van der Waals surface area contributed by atoms with E-state index in [1.54, 1.807) is 38.6 Å². The normalized spacial score (nSPS) is 17.9. The average molecular weight is 722 g/mol. The van der Waals surface area contributed by atoms with Crippen LogP contribution in [0.3, 0.4) is 0 Å². The molecule has 0 amide bonds. The van der Waals surface area contributed by atoms with E-state index < -0.39 is 43.6 Å². The van der Waals surface area contributed by atoms with Crippen LogP contribution in [0.25, 0.3) is 11.3 Å². The maximum Gasteiger partial charge on any atom is 0.330 e. The van der Waals surface area contributed by atoms with Gasteiger partial charge in [0.15, 0.2) is 14.5 Å². The third-order valence-corrected chi connectivity index (χ3v) is 14.7. The summed E-state index contributed by atoms with van der Waals surface area (Å²) in [6.45, 7) is 11.0. The lowest BCUT2D eigenvalue weighted by atomic mass is 9.80. The highest BCUT2D eigenvalue weighted by Gasteiger charge is 2.47. The molecule has 1 N–H and O–H groups in total. The molecule has 0 spiro atoms. The fourth-order valence-corrected chi connectivity index (χ4v) is 7.72. The quantitative estimate of drug-likeness (QED) is 0.106. The first-order valence-corrected chi connectivity index (χ1v) is 20.4. The Balaban J connectivity index is 1.42. The van der Waals surface area contributed by atoms with Crippen LogP contribution in [0.4, 0.5) is 0 Å². The van der Waals surface area contributed by atoms with Crippen LogP contribution in [0.15, 0.2) is 119 Å². The Morgan fingerprint density at radius 1 is 0.827 bits per heavy atom. The van der Waals surface area contributed by atoms with Crippen molar-refractivity contribution >= 4 is 8.32 Å². The van der Waals surface area contributed by atoms with E-state index >= 15 is 0 Å². The lowest BCUT2D eigenvalue weighted by molar-refractivity contribution is -0.0864. The topological polar surface area (TPSA) is 114 Å². The van der Waals surface area contributed by atoms with E-state index in [-0.39, 0.29) is 17.2 Å². The molecule has 3 atom stereocenters. The van der Waals surface area contributed by atoms with Crippen LogP contribution in [0.5, 0.6) is 11.5 Å². The zero-order chi connectivity index (χ0) is 37.1. The summed E-state index contributed by atoms with van der Waals surface area (Å²) < 4.78 is 33.4. The predicted octanol–water partition coefficient (Wildman–Crippen LogP) is 7.30. The van der Waals surface area contributed by atoms with E-state index in [1.807, 2.05) is 66.7 Å². The van der Waals surface area contributed by atoms with Crippen molar-refractivity contribution in [2.24, 2.45) is 0 Å². The number of nitrogens with one attached hydrogen (secondary N) is 1. The lowest BCUT2D eigenvalue weighted by Crippen LogP contribution is -2.46. The van der Waals surface area contributed by atoms with Crippen molar-refractivity contribution in [1.82, 2.24) is 14.5 Å². The van der Waals surface area contributed by atoms with Crippen LogP contribution in [0, 0.1) is 0 Å². The third kappa shape index (κ3) is 7.40. The molecule has 6 rings (SSSR count). The van der Waals surface area contributed by atoms with Crippen molar-refractivity contribution in [3.63, 3.8) is 0 Å². The van der Waals surface area contributed by atoms with Crippen LogP contribution in [0.1, 0.15) is 50.1 Å². The first-order valence-electron chi connectivity index (χ1n) is 17.4. The van der Waals surface area contributed by atoms with Crippen LogP contribution in [-0.2, 0) is 19.5 Å². The maximum atomic E-state index is 13.5. The highest BCUT2D eigenvalue weighted by molar-refractivity contribution is 6.74. The van der Waals surface area contributed by atoms with Crippen LogP contribution >= 0.6 is 0 Å². The second-order valence-electron chi connectivity index (χ2n) is 14.5. The van der Waals surface area contributed by atoms with Gasteiger partial charge in [0.1, 0.15) is 17.1 Å². The van der Waals surface area contributed by atoms with Crippen molar-refractivity contribution in [2.45, 2.75) is 69.4 Å². The highest BCUT2D eigenvalue weighted by atomic mass is 28.4. The van der Waals surface area contributed by atoms with E-state index in [1.165, 1.54) is 10.8 Å². The van der Waals surface area contributed by atoms with Gasteiger partial charge in [-0.25, -0.2) is 4.79 Å². The SMILES string of the molecule is COc1ccc(C(OC[C@H]2C[C@@H](O[Si](C)(C)C(C)(C)C)[C@H](n3cc(-c4ccccn4)c(=O)[nH]c3=O)O2)(c2ccccc2)c2ccc(OC)cc2)cc1. The molecule has 52 heavy (non-hydrogen) atoms. The summed E-state index contributed by atoms with van der Waals surface area (Å²) in [5.41, 5.74) is 1.25. The maximum absolute atomic E-state index is 13.5. The highest BCUT2D eigenvalue weighted by Crippen LogP contribution is 2.45. The summed E-state index contributed by atoms with van der Waals surface area (Å²) in [7, 11) is 0.923. The van der Waals surface area contributed by atoms with E-state index in [4.69, 9.17) is 23.4 Å². The van der Waals surface area contributed by atoms with Gasteiger partial charge in [-0.2, -0.15) is 0 Å². The number of rotatable bonds is 12. The molecule has 5 aromatic rings. The molecule has 0 bridgehead atoms. The smallest absolute Gasteiger partial charge is 0.330 e. The summed E-state index contributed by atoms with van der Waals surface area (Å²) in [4.78, 5) is 33.4. The summed E-state index contributed by atoms with van der Waals surface area (Å²) in [5, 5.41) is -0.105. The van der Waals surface area contributed by atoms with E-state index in [2.05, 4.69) is 56.0 Å². The average Bonchev–Trinajstić information content (AvgIpc) is 3.54. The van der Waals surface area contributed by atoms with Gasteiger partial charge in [0.05, 0.1) is 44.3 Å². The molecule has 0 unspecified atom stereocenters. The number of methoxy groups -OCH3 is 2. The number of aromatic nitrogens is 3. The van der Waals surface area contributed by atoms with Gasteiger partial charge < -0.3 is 23.4 Å². The van der Waals surface area contributed by atoms with Crippen molar-refractivity contribution < 1.29 is 23.4 Å². The van der Waals surface area contributed by atoms with E-state index in [0.29, 0.717) is 12.1 Å². The first kappa shape index (κ1) is 37.0. The summed E-state index contributed by atoms with van der Waals surface area (Å²) >= 11 is 0. The molecule has 0 aliphatic carbocycles. The molecular formula is C41H47N3O7Si.